The van der Waals surface area contributed by atoms with Crippen molar-refractivity contribution in [3.05, 3.63) is 72.6 Å². The fraction of sp³-hybridized carbons (Fsp3) is 0.0625. The maximum atomic E-state index is 4.33. The van der Waals surface area contributed by atoms with Gasteiger partial charge in [-0.25, -0.2) is 4.98 Å². The van der Waals surface area contributed by atoms with Crippen LogP contribution in [0.1, 0.15) is 5.56 Å². The molecule has 0 aliphatic carbocycles. The Morgan fingerprint density at radius 2 is 1.74 bits per heavy atom. The Balaban J connectivity index is 1.82. The molecule has 3 rings (SSSR count). The highest BCUT2D eigenvalue weighted by Gasteiger charge is 2.06. The van der Waals surface area contributed by atoms with Gasteiger partial charge in [-0.2, -0.15) is 0 Å². The van der Waals surface area contributed by atoms with Crippen LogP contribution >= 0.6 is 11.8 Å². The standard InChI is InChI=1S/C16H14N2S/c1-2-6-13(7-3-1)12-19-15-9-5-4-8-14(15)16-17-10-11-18-16/h1-11H,12H2,(H,17,18). The van der Waals surface area contributed by atoms with Crippen molar-refractivity contribution in [2.24, 2.45) is 0 Å². The predicted molar refractivity (Wildman–Crippen MR) is 80.0 cm³/mol. The first-order chi connectivity index (χ1) is 9.43. The van der Waals surface area contributed by atoms with Crippen LogP contribution in [-0.4, -0.2) is 9.97 Å². The molecule has 3 aromatic rings. The molecule has 0 bridgehead atoms. The Morgan fingerprint density at radius 1 is 0.947 bits per heavy atom. The lowest BCUT2D eigenvalue weighted by atomic mass is 10.2. The number of aromatic amines is 1. The fourth-order valence-electron chi connectivity index (χ4n) is 1.94. The molecule has 0 aliphatic heterocycles. The molecule has 0 aliphatic rings. The van der Waals surface area contributed by atoms with Crippen LogP contribution in [-0.2, 0) is 5.75 Å². The normalized spacial score (nSPS) is 10.5. The third kappa shape index (κ3) is 2.88. The Kier molecular flexibility index (Phi) is 3.65. The number of thioether (sulfide) groups is 1. The molecule has 0 spiro atoms. The molecule has 1 heterocycles. The third-order valence-corrected chi connectivity index (χ3v) is 4.02. The summed E-state index contributed by atoms with van der Waals surface area (Å²) in [6, 6.07) is 18.9. The van der Waals surface area contributed by atoms with E-state index < -0.39 is 0 Å². The summed E-state index contributed by atoms with van der Waals surface area (Å²) >= 11 is 1.84. The van der Waals surface area contributed by atoms with Crippen molar-refractivity contribution < 1.29 is 0 Å². The predicted octanol–water partition coefficient (Wildman–Crippen LogP) is 4.37. The van der Waals surface area contributed by atoms with Gasteiger partial charge in [-0.05, 0) is 11.6 Å². The highest BCUT2D eigenvalue weighted by molar-refractivity contribution is 7.98. The molecule has 1 N–H and O–H groups in total. The number of nitrogens with one attached hydrogen (secondary N) is 1. The monoisotopic (exact) mass is 266 g/mol. The molecule has 0 atom stereocenters. The number of hydrogen-bond donors (Lipinski definition) is 1. The lowest BCUT2D eigenvalue weighted by Crippen LogP contribution is -1.86. The number of imidazole rings is 1. The van der Waals surface area contributed by atoms with E-state index in [-0.39, 0.29) is 0 Å². The Hall–Kier alpha value is -2.00. The Bertz CT molecular complexity index is 633. The molecule has 0 saturated heterocycles. The van der Waals surface area contributed by atoms with Gasteiger partial charge < -0.3 is 4.98 Å². The average molecular weight is 266 g/mol. The molecule has 2 aromatic carbocycles. The molecule has 19 heavy (non-hydrogen) atoms. The minimum atomic E-state index is 0.927. The fourth-order valence-corrected chi connectivity index (χ4v) is 2.95. The summed E-state index contributed by atoms with van der Waals surface area (Å²) in [5.41, 5.74) is 2.50. The number of benzene rings is 2. The smallest absolute Gasteiger partial charge is 0.138 e. The third-order valence-electron chi connectivity index (χ3n) is 2.88. The van der Waals surface area contributed by atoms with Gasteiger partial charge in [0.25, 0.3) is 0 Å². The first kappa shape index (κ1) is 12.1. The molecular formula is C16H14N2S. The molecule has 0 saturated carbocycles. The second-order valence-corrected chi connectivity index (χ2v) is 5.23. The molecule has 94 valence electrons. The summed E-state index contributed by atoms with van der Waals surface area (Å²) in [5, 5.41) is 0. The van der Waals surface area contributed by atoms with E-state index in [2.05, 4.69) is 52.4 Å². The van der Waals surface area contributed by atoms with Crippen LogP contribution < -0.4 is 0 Å². The van der Waals surface area contributed by atoms with Gasteiger partial charge >= 0.3 is 0 Å². The van der Waals surface area contributed by atoms with Gasteiger partial charge in [0.05, 0.1) is 0 Å². The van der Waals surface area contributed by atoms with Crippen LogP contribution in [0.2, 0.25) is 0 Å². The van der Waals surface area contributed by atoms with Gasteiger partial charge in [-0.3, -0.25) is 0 Å². The van der Waals surface area contributed by atoms with Crippen molar-refractivity contribution >= 4 is 11.8 Å². The van der Waals surface area contributed by atoms with E-state index in [1.165, 1.54) is 10.5 Å². The van der Waals surface area contributed by atoms with E-state index >= 15 is 0 Å². The summed E-state index contributed by atoms with van der Waals surface area (Å²) in [6.07, 6.45) is 3.64. The van der Waals surface area contributed by atoms with Crippen LogP contribution in [0.4, 0.5) is 0 Å². The number of rotatable bonds is 4. The van der Waals surface area contributed by atoms with Gasteiger partial charge in [0.15, 0.2) is 0 Å². The minimum Gasteiger partial charge on any atom is -0.345 e. The van der Waals surface area contributed by atoms with Crippen LogP contribution in [0.15, 0.2) is 71.9 Å². The largest absolute Gasteiger partial charge is 0.345 e. The second kappa shape index (κ2) is 5.76. The Labute approximate surface area is 116 Å². The topological polar surface area (TPSA) is 28.7 Å². The summed E-state index contributed by atoms with van der Waals surface area (Å²) < 4.78 is 0. The molecule has 0 radical (unpaired) electrons. The number of hydrogen-bond acceptors (Lipinski definition) is 2. The van der Waals surface area contributed by atoms with E-state index in [9.17, 15) is 0 Å². The zero-order chi connectivity index (χ0) is 12.9. The first-order valence-electron chi connectivity index (χ1n) is 6.19. The molecule has 0 unspecified atom stereocenters. The van der Waals surface area contributed by atoms with Crippen LogP contribution in [0.25, 0.3) is 11.4 Å². The van der Waals surface area contributed by atoms with Gasteiger partial charge in [0.1, 0.15) is 5.82 Å². The van der Waals surface area contributed by atoms with Crippen molar-refractivity contribution in [1.82, 2.24) is 9.97 Å². The quantitative estimate of drug-likeness (QED) is 0.710. The van der Waals surface area contributed by atoms with Gasteiger partial charge in [-0.15, -0.1) is 11.8 Å². The number of aromatic nitrogens is 2. The number of H-pyrrole nitrogens is 1. The maximum absolute atomic E-state index is 4.33. The van der Waals surface area contributed by atoms with Crippen LogP contribution in [0.5, 0.6) is 0 Å². The van der Waals surface area contributed by atoms with Crippen LogP contribution in [0.3, 0.4) is 0 Å². The van der Waals surface area contributed by atoms with E-state index in [0.717, 1.165) is 17.1 Å². The second-order valence-electron chi connectivity index (χ2n) is 4.21. The van der Waals surface area contributed by atoms with Gasteiger partial charge in [0.2, 0.25) is 0 Å². The Morgan fingerprint density at radius 3 is 2.53 bits per heavy atom. The molecule has 0 amide bonds. The summed E-state index contributed by atoms with van der Waals surface area (Å²) in [7, 11) is 0. The van der Waals surface area contributed by atoms with Crippen molar-refractivity contribution in [3.8, 4) is 11.4 Å². The van der Waals surface area contributed by atoms with Crippen molar-refractivity contribution in [3.63, 3.8) is 0 Å². The van der Waals surface area contributed by atoms with Gasteiger partial charge in [0, 0.05) is 28.6 Å². The highest BCUT2D eigenvalue weighted by Crippen LogP contribution is 2.31. The maximum Gasteiger partial charge on any atom is 0.138 e. The van der Waals surface area contributed by atoms with E-state index in [0.29, 0.717) is 0 Å². The van der Waals surface area contributed by atoms with Crippen molar-refractivity contribution in [2.45, 2.75) is 10.6 Å². The molecule has 0 fully saturated rings. The SMILES string of the molecule is c1ccc(CSc2ccccc2-c2ncc[nH]2)cc1. The lowest BCUT2D eigenvalue weighted by Gasteiger charge is -2.07. The molecular weight excluding hydrogens is 252 g/mol. The average Bonchev–Trinajstić information content (AvgIpc) is 3.01. The summed E-state index contributed by atoms with van der Waals surface area (Å²) in [5.74, 6) is 1.90. The minimum absolute atomic E-state index is 0.927. The summed E-state index contributed by atoms with van der Waals surface area (Å²) in [4.78, 5) is 8.75. The summed E-state index contributed by atoms with van der Waals surface area (Å²) in [6.45, 7) is 0. The van der Waals surface area contributed by atoms with E-state index in [1.54, 1.807) is 6.20 Å². The molecule has 3 heteroatoms. The zero-order valence-electron chi connectivity index (χ0n) is 10.4. The molecule has 2 nitrogen and oxygen atoms in total. The first-order valence-corrected chi connectivity index (χ1v) is 7.17. The van der Waals surface area contributed by atoms with Crippen molar-refractivity contribution in [1.29, 1.82) is 0 Å². The highest BCUT2D eigenvalue weighted by atomic mass is 32.2. The van der Waals surface area contributed by atoms with Crippen molar-refractivity contribution in [2.75, 3.05) is 0 Å². The van der Waals surface area contributed by atoms with Crippen LogP contribution in [0, 0.1) is 0 Å². The zero-order valence-corrected chi connectivity index (χ0v) is 11.2. The number of nitrogens with zero attached hydrogens (tertiary/aromatic N) is 1. The van der Waals surface area contributed by atoms with Gasteiger partial charge in [-0.1, -0.05) is 48.5 Å². The van der Waals surface area contributed by atoms with E-state index in [1.807, 2.05) is 30.1 Å². The lowest BCUT2D eigenvalue weighted by molar-refractivity contribution is 1.27. The van der Waals surface area contributed by atoms with E-state index in [4.69, 9.17) is 0 Å². The molecule has 1 aromatic heterocycles.